The molecular weight excluding hydrogens is 460 g/mol. The van der Waals surface area contributed by atoms with Crippen LogP contribution in [0.3, 0.4) is 0 Å². The Morgan fingerprint density at radius 1 is 1.31 bits per heavy atom. The van der Waals surface area contributed by atoms with E-state index in [0.29, 0.717) is 45.1 Å². The van der Waals surface area contributed by atoms with E-state index in [0.717, 1.165) is 0 Å². The van der Waals surface area contributed by atoms with Crippen molar-refractivity contribution in [2.24, 2.45) is 0 Å². The monoisotopic (exact) mass is 478 g/mol. The SMILES string of the molecule is C=CCn1c(SCC(=O)Nc2cc(OC)ccc2OC)nnc1-c1ccc(Br)o1. The molecule has 0 spiro atoms. The smallest absolute Gasteiger partial charge is 0.234 e. The standard InChI is InChI=1S/C19H19BrN4O4S/c1-4-9-24-18(15-7-8-16(20)28-15)22-23-19(24)29-11-17(25)21-13-10-12(26-2)5-6-14(13)27-3/h4-8,10H,1,9,11H2,2-3H3,(H,21,25). The molecular formula is C19H19BrN4O4S. The lowest BCUT2D eigenvalue weighted by atomic mass is 10.2. The van der Waals surface area contributed by atoms with Crippen molar-refractivity contribution in [2.45, 2.75) is 11.7 Å². The number of aromatic nitrogens is 3. The van der Waals surface area contributed by atoms with E-state index < -0.39 is 0 Å². The normalized spacial score (nSPS) is 10.6. The van der Waals surface area contributed by atoms with Crippen LogP contribution in [0.4, 0.5) is 5.69 Å². The number of allylic oxidation sites excluding steroid dienone is 1. The topological polar surface area (TPSA) is 91.4 Å². The van der Waals surface area contributed by atoms with E-state index in [1.165, 1.54) is 11.8 Å². The fraction of sp³-hybridized carbons (Fsp3) is 0.211. The molecule has 0 aliphatic rings. The Morgan fingerprint density at radius 3 is 2.79 bits per heavy atom. The Labute approximate surface area is 180 Å². The quantitative estimate of drug-likeness (QED) is 0.363. The molecule has 1 aromatic carbocycles. The third-order valence-electron chi connectivity index (χ3n) is 3.84. The molecule has 0 saturated heterocycles. The van der Waals surface area contributed by atoms with Crippen molar-refractivity contribution in [3.05, 3.63) is 47.7 Å². The van der Waals surface area contributed by atoms with Crippen LogP contribution >= 0.6 is 27.7 Å². The summed E-state index contributed by atoms with van der Waals surface area (Å²) in [5.41, 5.74) is 0.533. The summed E-state index contributed by atoms with van der Waals surface area (Å²) < 4.78 is 18.5. The summed E-state index contributed by atoms with van der Waals surface area (Å²) in [6.45, 7) is 4.25. The molecule has 3 rings (SSSR count). The summed E-state index contributed by atoms with van der Waals surface area (Å²) in [7, 11) is 3.10. The minimum absolute atomic E-state index is 0.136. The second kappa shape index (κ2) is 9.66. The van der Waals surface area contributed by atoms with Gasteiger partial charge in [0.05, 0.1) is 25.7 Å². The number of carbonyl (C=O) groups excluding carboxylic acids is 1. The maximum absolute atomic E-state index is 12.5. The van der Waals surface area contributed by atoms with Gasteiger partial charge in [-0.3, -0.25) is 9.36 Å². The van der Waals surface area contributed by atoms with Crippen LogP contribution in [0.2, 0.25) is 0 Å². The minimum atomic E-state index is -0.211. The molecule has 0 radical (unpaired) electrons. The lowest BCUT2D eigenvalue weighted by molar-refractivity contribution is -0.113. The molecule has 0 unspecified atom stereocenters. The van der Waals surface area contributed by atoms with E-state index in [2.05, 4.69) is 38.0 Å². The summed E-state index contributed by atoms with van der Waals surface area (Å²) in [6.07, 6.45) is 1.73. The third kappa shape index (κ3) is 5.01. The molecule has 1 N–H and O–H groups in total. The van der Waals surface area contributed by atoms with Crippen LogP contribution in [0.25, 0.3) is 11.6 Å². The zero-order valence-corrected chi connectivity index (χ0v) is 18.2. The zero-order chi connectivity index (χ0) is 20.8. The first-order valence-corrected chi connectivity index (χ1v) is 10.3. The van der Waals surface area contributed by atoms with Crippen molar-refractivity contribution in [1.82, 2.24) is 14.8 Å². The van der Waals surface area contributed by atoms with Gasteiger partial charge in [-0.15, -0.1) is 16.8 Å². The number of anilines is 1. The van der Waals surface area contributed by atoms with Gasteiger partial charge in [0, 0.05) is 12.6 Å². The van der Waals surface area contributed by atoms with Gasteiger partial charge in [-0.05, 0) is 40.2 Å². The van der Waals surface area contributed by atoms with Crippen molar-refractivity contribution in [1.29, 1.82) is 0 Å². The number of carbonyl (C=O) groups is 1. The van der Waals surface area contributed by atoms with Crippen molar-refractivity contribution in [3.63, 3.8) is 0 Å². The number of amides is 1. The highest BCUT2D eigenvalue weighted by molar-refractivity contribution is 9.10. The summed E-state index contributed by atoms with van der Waals surface area (Å²) in [6, 6.07) is 8.77. The van der Waals surface area contributed by atoms with Crippen molar-refractivity contribution in [3.8, 4) is 23.1 Å². The molecule has 8 nitrogen and oxygen atoms in total. The Kier molecular flexibility index (Phi) is 6.99. The summed E-state index contributed by atoms with van der Waals surface area (Å²) in [5, 5.41) is 11.8. The van der Waals surface area contributed by atoms with Gasteiger partial charge in [0.2, 0.25) is 11.7 Å². The molecule has 0 fully saturated rings. The molecule has 0 bridgehead atoms. The number of rotatable bonds is 9. The molecule has 0 aliphatic heterocycles. The lowest BCUT2D eigenvalue weighted by Crippen LogP contribution is -2.15. The van der Waals surface area contributed by atoms with Gasteiger partial charge in [-0.1, -0.05) is 17.8 Å². The molecule has 1 amide bonds. The van der Waals surface area contributed by atoms with E-state index in [1.54, 1.807) is 50.6 Å². The first-order valence-electron chi connectivity index (χ1n) is 8.50. The molecule has 0 atom stereocenters. The van der Waals surface area contributed by atoms with Crippen LogP contribution in [-0.2, 0) is 11.3 Å². The van der Waals surface area contributed by atoms with Gasteiger partial charge >= 0.3 is 0 Å². The molecule has 10 heteroatoms. The first-order chi connectivity index (χ1) is 14.0. The molecule has 29 heavy (non-hydrogen) atoms. The Bertz CT molecular complexity index is 1020. The summed E-state index contributed by atoms with van der Waals surface area (Å²) in [5.74, 6) is 2.23. The van der Waals surface area contributed by atoms with E-state index in [-0.39, 0.29) is 11.7 Å². The van der Waals surface area contributed by atoms with Gasteiger partial charge in [-0.25, -0.2) is 0 Å². The minimum Gasteiger partial charge on any atom is -0.497 e. The van der Waals surface area contributed by atoms with Crippen molar-refractivity contribution < 1.29 is 18.7 Å². The average molecular weight is 479 g/mol. The van der Waals surface area contributed by atoms with E-state index in [4.69, 9.17) is 13.9 Å². The maximum atomic E-state index is 12.5. The number of halogens is 1. The van der Waals surface area contributed by atoms with Crippen LogP contribution in [0, 0.1) is 0 Å². The van der Waals surface area contributed by atoms with Crippen LogP contribution in [0.5, 0.6) is 11.5 Å². The predicted octanol–water partition coefficient (Wildman–Crippen LogP) is 4.23. The fourth-order valence-corrected chi connectivity index (χ4v) is 3.59. The molecule has 2 aromatic heterocycles. The van der Waals surface area contributed by atoms with Crippen molar-refractivity contribution in [2.75, 3.05) is 25.3 Å². The van der Waals surface area contributed by atoms with E-state index >= 15 is 0 Å². The predicted molar refractivity (Wildman–Crippen MR) is 115 cm³/mol. The van der Waals surface area contributed by atoms with Gasteiger partial charge < -0.3 is 19.2 Å². The highest BCUT2D eigenvalue weighted by atomic mass is 79.9. The number of hydrogen-bond donors (Lipinski definition) is 1. The van der Waals surface area contributed by atoms with Gasteiger partial charge in [0.1, 0.15) is 11.5 Å². The van der Waals surface area contributed by atoms with Crippen LogP contribution in [0.15, 0.2) is 57.2 Å². The highest BCUT2D eigenvalue weighted by Crippen LogP contribution is 2.30. The average Bonchev–Trinajstić information content (AvgIpc) is 3.32. The van der Waals surface area contributed by atoms with Crippen LogP contribution < -0.4 is 14.8 Å². The number of nitrogens with zero attached hydrogens (tertiary/aromatic N) is 3. The lowest BCUT2D eigenvalue weighted by Gasteiger charge is -2.11. The molecule has 2 heterocycles. The molecule has 3 aromatic rings. The summed E-state index contributed by atoms with van der Waals surface area (Å²) in [4.78, 5) is 12.5. The maximum Gasteiger partial charge on any atom is 0.234 e. The molecule has 0 saturated carbocycles. The van der Waals surface area contributed by atoms with Gasteiger partial charge in [-0.2, -0.15) is 0 Å². The zero-order valence-electron chi connectivity index (χ0n) is 15.8. The van der Waals surface area contributed by atoms with Crippen LogP contribution in [0.1, 0.15) is 0 Å². The number of furan rings is 1. The second-order valence-corrected chi connectivity index (χ2v) is 7.44. The van der Waals surface area contributed by atoms with Gasteiger partial charge in [0.15, 0.2) is 15.6 Å². The number of nitrogens with one attached hydrogen (secondary N) is 1. The van der Waals surface area contributed by atoms with E-state index in [9.17, 15) is 4.79 Å². The number of benzene rings is 1. The molecule has 152 valence electrons. The van der Waals surface area contributed by atoms with Gasteiger partial charge in [0.25, 0.3) is 0 Å². The highest BCUT2D eigenvalue weighted by Gasteiger charge is 2.18. The Balaban J connectivity index is 1.72. The van der Waals surface area contributed by atoms with Crippen LogP contribution in [-0.4, -0.2) is 40.6 Å². The number of ether oxygens (including phenoxy) is 2. The largest absolute Gasteiger partial charge is 0.497 e. The second-order valence-electron chi connectivity index (χ2n) is 5.71. The number of hydrogen-bond acceptors (Lipinski definition) is 7. The van der Waals surface area contributed by atoms with E-state index in [1.807, 2.05) is 4.57 Å². The molecule has 0 aliphatic carbocycles. The Hall–Kier alpha value is -2.72. The third-order valence-corrected chi connectivity index (χ3v) is 5.23. The first kappa shape index (κ1) is 21.0. The number of methoxy groups -OCH3 is 2. The fourth-order valence-electron chi connectivity index (χ4n) is 2.53. The number of thioether (sulfide) groups is 1. The summed E-state index contributed by atoms with van der Waals surface area (Å²) >= 11 is 4.55. The Morgan fingerprint density at radius 2 is 2.14 bits per heavy atom. The van der Waals surface area contributed by atoms with Crippen molar-refractivity contribution >= 4 is 39.3 Å².